The van der Waals surface area contributed by atoms with E-state index in [1.165, 1.54) is 10.4 Å². The van der Waals surface area contributed by atoms with Gasteiger partial charge in [0.15, 0.2) is 0 Å². The van der Waals surface area contributed by atoms with Crippen molar-refractivity contribution in [1.29, 1.82) is 0 Å². The molecule has 2 aromatic carbocycles. The highest BCUT2D eigenvalue weighted by Crippen LogP contribution is 2.27. The largest absolute Gasteiger partial charge is 0.390 e. The molecule has 1 aliphatic rings. The van der Waals surface area contributed by atoms with Gasteiger partial charge in [0.1, 0.15) is 17.6 Å². The molecule has 0 radical (unpaired) electrons. The van der Waals surface area contributed by atoms with Crippen LogP contribution in [0, 0.1) is 18.8 Å². The minimum Gasteiger partial charge on any atom is -0.390 e. The smallest absolute Gasteiger partial charge is 0.243 e. The molecule has 2 atom stereocenters. The fraction of sp³-hybridized carbons (Fsp3) is 0.429. The molecule has 1 fully saturated rings. The molecule has 3 aromatic rings. The average Bonchev–Trinajstić information content (AvgIpc) is 3.09. The Labute approximate surface area is 171 Å². The minimum atomic E-state index is -3.58. The second-order valence-electron chi connectivity index (χ2n) is 8.14. The van der Waals surface area contributed by atoms with Gasteiger partial charge < -0.3 is 4.84 Å². The van der Waals surface area contributed by atoms with Crippen LogP contribution in [0.2, 0.25) is 0 Å². The Balaban J connectivity index is 1.60. The molecule has 8 heteroatoms. The van der Waals surface area contributed by atoms with Gasteiger partial charge in [-0.1, -0.05) is 48.5 Å². The third kappa shape index (κ3) is 4.13. The fourth-order valence-electron chi connectivity index (χ4n) is 3.90. The Morgan fingerprint density at radius 3 is 2.45 bits per heavy atom. The van der Waals surface area contributed by atoms with Crippen LogP contribution in [0.15, 0.2) is 47.4 Å². The van der Waals surface area contributed by atoms with Crippen molar-refractivity contribution < 1.29 is 13.3 Å². The third-order valence-corrected chi connectivity index (χ3v) is 7.16. The predicted molar refractivity (Wildman–Crippen MR) is 111 cm³/mol. The summed E-state index contributed by atoms with van der Waals surface area (Å²) in [4.78, 5) is 7.31. The molecule has 0 saturated carbocycles. The van der Waals surface area contributed by atoms with Crippen molar-refractivity contribution in [3.63, 3.8) is 0 Å². The van der Waals surface area contributed by atoms with Gasteiger partial charge in [-0.2, -0.15) is 4.31 Å². The minimum absolute atomic E-state index is 0.244. The highest BCUT2D eigenvalue weighted by Gasteiger charge is 2.32. The maximum absolute atomic E-state index is 13.2. The summed E-state index contributed by atoms with van der Waals surface area (Å²) in [7, 11) is -3.58. The maximum atomic E-state index is 13.2. The van der Waals surface area contributed by atoms with Crippen LogP contribution < -0.4 is 4.84 Å². The van der Waals surface area contributed by atoms with Crippen LogP contribution in [0.3, 0.4) is 0 Å². The van der Waals surface area contributed by atoms with E-state index in [1.807, 2.05) is 31.2 Å². The van der Waals surface area contributed by atoms with Crippen molar-refractivity contribution in [3.8, 4) is 0 Å². The first kappa shape index (κ1) is 19.8. The first-order valence-corrected chi connectivity index (χ1v) is 11.3. The second-order valence-corrected chi connectivity index (χ2v) is 10.1. The number of piperidine rings is 1. The fourth-order valence-corrected chi connectivity index (χ4v) is 5.61. The van der Waals surface area contributed by atoms with E-state index in [4.69, 9.17) is 4.84 Å². The molecule has 0 N–H and O–H groups in total. The highest BCUT2D eigenvalue weighted by molar-refractivity contribution is 7.89. The van der Waals surface area contributed by atoms with Gasteiger partial charge in [-0.25, -0.2) is 8.42 Å². The summed E-state index contributed by atoms with van der Waals surface area (Å²) in [5.41, 5.74) is 3.31. The van der Waals surface area contributed by atoms with Crippen LogP contribution in [-0.2, 0) is 16.6 Å². The molecule has 4 rings (SSSR count). The molecule has 29 heavy (non-hydrogen) atoms. The van der Waals surface area contributed by atoms with Gasteiger partial charge in [0.25, 0.3) is 0 Å². The van der Waals surface area contributed by atoms with Crippen LogP contribution in [0.25, 0.3) is 11.0 Å². The van der Waals surface area contributed by atoms with Crippen LogP contribution >= 0.6 is 0 Å². The Bertz CT molecular complexity index is 1100. The number of hydrogen-bond acceptors (Lipinski definition) is 5. The van der Waals surface area contributed by atoms with Crippen LogP contribution in [0.5, 0.6) is 0 Å². The molecule has 2 unspecified atom stereocenters. The molecular formula is C21H26N4O3S. The van der Waals surface area contributed by atoms with Crippen molar-refractivity contribution in [2.45, 2.75) is 38.7 Å². The van der Waals surface area contributed by atoms with Gasteiger partial charge in [-0.3, -0.25) is 0 Å². The van der Waals surface area contributed by atoms with Crippen LogP contribution in [0.4, 0.5) is 0 Å². The van der Waals surface area contributed by atoms with Crippen molar-refractivity contribution in [3.05, 3.63) is 53.6 Å². The number of fused-ring (bicyclic) bond motifs is 1. The zero-order valence-corrected chi connectivity index (χ0v) is 17.8. The van der Waals surface area contributed by atoms with Crippen molar-refractivity contribution in [1.82, 2.24) is 19.5 Å². The lowest BCUT2D eigenvalue weighted by molar-refractivity contribution is 0.0751. The summed E-state index contributed by atoms with van der Waals surface area (Å²) in [6, 6.07) is 12.9. The standard InChI is InChI=1S/C21H26N4O3S/c1-15-4-6-18(7-5-15)14-28-25-21-11-19(8-9-20(21)22-23-25)29(26,27)24-12-16(2)10-17(3)13-24/h4-9,11,16-17H,10,12-14H2,1-3H3. The van der Waals surface area contributed by atoms with Crippen LogP contribution in [-0.4, -0.2) is 41.0 Å². The Kier molecular flexibility index (Phi) is 5.31. The molecule has 0 spiro atoms. The zero-order valence-electron chi connectivity index (χ0n) is 16.9. The summed E-state index contributed by atoms with van der Waals surface area (Å²) < 4.78 is 28.0. The first-order valence-electron chi connectivity index (χ1n) is 9.87. The molecule has 2 heterocycles. The summed E-state index contributed by atoms with van der Waals surface area (Å²) in [5.74, 6) is 0.699. The number of benzene rings is 2. The third-order valence-electron chi connectivity index (χ3n) is 5.33. The van der Waals surface area contributed by atoms with Gasteiger partial charge in [0.2, 0.25) is 10.0 Å². The van der Waals surface area contributed by atoms with Gasteiger partial charge in [0.05, 0.1) is 4.90 Å². The van der Waals surface area contributed by atoms with E-state index in [-0.39, 0.29) is 4.90 Å². The van der Waals surface area contributed by atoms with Gasteiger partial charge in [-0.15, -0.1) is 5.10 Å². The Morgan fingerprint density at radius 1 is 1.07 bits per heavy atom. The summed E-state index contributed by atoms with van der Waals surface area (Å²) in [6.07, 6.45) is 1.05. The molecule has 0 bridgehead atoms. The molecular weight excluding hydrogens is 388 g/mol. The second kappa shape index (κ2) is 7.76. The highest BCUT2D eigenvalue weighted by atomic mass is 32.2. The van der Waals surface area contributed by atoms with E-state index in [2.05, 4.69) is 24.2 Å². The Morgan fingerprint density at radius 2 is 1.76 bits per heavy atom. The number of hydrogen-bond donors (Lipinski definition) is 0. The van der Waals surface area contributed by atoms with Crippen molar-refractivity contribution in [2.75, 3.05) is 13.1 Å². The van der Waals surface area contributed by atoms with E-state index in [0.717, 1.165) is 12.0 Å². The molecule has 7 nitrogen and oxygen atoms in total. The molecule has 154 valence electrons. The first-order chi connectivity index (χ1) is 13.8. The number of nitrogens with zero attached hydrogens (tertiary/aromatic N) is 4. The van der Waals surface area contributed by atoms with E-state index in [1.54, 1.807) is 22.5 Å². The van der Waals surface area contributed by atoms with Gasteiger partial charge in [0, 0.05) is 13.1 Å². The quantitative estimate of drug-likeness (QED) is 0.641. The lowest BCUT2D eigenvalue weighted by atomic mass is 9.94. The van der Waals surface area contributed by atoms with E-state index in [0.29, 0.717) is 42.6 Å². The predicted octanol–water partition coefficient (Wildman–Crippen LogP) is 3.04. The number of rotatable bonds is 5. The van der Waals surface area contributed by atoms with E-state index in [9.17, 15) is 8.42 Å². The monoisotopic (exact) mass is 414 g/mol. The topological polar surface area (TPSA) is 77.3 Å². The molecule has 1 aromatic heterocycles. The SMILES string of the molecule is Cc1ccc(COn2nnc3ccc(S(=O)(=O)N4CC(C)CC(C)C4)cc32)cc1. The molecule has 1 aliphatic heterocycles. The van der Waals surface area contributed by atoms with Crippen LogP contribution in [0.1, 0.15) is 31.4 Å². The summed E-state index contributed by atoms with van der Waals surface area (Å²) in [6.45, 7) is 7.63. The Hall–Kier alpha value is -2.45. The lowest BCUT2D eigenvalue weighted by Gasteiger charge is -2.34. The van der Waals surface area contributed by atoms with Crippen molar-refractivity contribution in [2.24, 2.45) is 11.8 Å². The average molecular weight is 415 g/mol. The molecule has 0 aliphatic carbocycles. The zero-order chi connectivity index (χ0) is 20.6. The number of aromatic nitrogens is 3. The van der Waals surface area contributed by atoms with E-state index < -0.39 is 10.0 Å². The van der Waals surface area contributed by atoms with Gasteiger partial charge >= 0.3 is 0 Å². The normalized spacial score (nSPS) is 20.8. The lowest BCUT2D eigenvalue weighted by Crippen LogP contribution is -2.42. The number of aryl methyl sites for hydroxylation is 1. The van der Waals surface area contributed by atoms with Crippen molar-refractivity contribution >= 4 is 21.1 Å². The van der Waals surface area contributed by atoms with Gasteiger partial charge in [-0.05, 0) is 54.2 Å². The summed E-state index contributed by atoms with van der Waals surface area (Å²) >= 11 is 0. The molecule has 0 amide bonds. The molecule has 1 saturated heterocycles. The number of sulfonamides is 1. The van der Waals surface area contributed by atoms with E-state index >= 15 is 0 Å². The maximum Gasteiger partial charge on any atom is 0.243 e. The summed E-state index contributed by atoms with van der Waals surface area (Å²) in [5, 5.41) is 8.11.